The van der Waals surface area contributed by atoms with Crippen molar-refractivity contribution < 1.29 is 19.1 Å². The Hall–Kier alpha value is -1.58. The first-order valence-electron chi connectivity index (χ1n) is 8.15. The van der Waals surface area contributed by atoms with E-state index in [1.165, 1.54) is 0 Å². The summed E-state index contributed by atoms with van der Waals surface area (Å²) in [5.74, 6) is -0.211. The van der Waals surface area contributed by atoms with Crippen molar-refractivity contribution in [1.29, 1.82) is 0 Å². The average molecular weight is 354 g/mol. The van der Waals surface area contributed by atoms with Gasteiger partial charge in [-0.2, -0.15) is 0 Å². The molecule has 1 aromatic heterocycles. The van der Waals surface area contributed by atoms with E-state index in [0.717, 1.165) is 18.0 Å². The monoisotopic (exact) mass is 354 g/mol. The molecule has 0 spiro atoms. The Balaban J connectivity index is 1.65. The Morgan fingerprint density at radius 3 is 3.12 bits per heavy atom. The van der Waals surface area contributed by atoms with Gasteiger partial charge in [0.25, 0.3) is 5.91 Å². The molecule has 0 saturated carbocycles. The van der Waals surface area contributed by atoms with E-state index in [9.17, 15) is 9.59 Å². The van der Waals surface area contributed by atoms with Crippen LogP contribution in [0.2, 0.25) is 0 Å². The lowest BCUT2D eigenvalue weighted by Crippen LogP contribution is -2.54. The number of piperidine rings is 1. The highest BCUT2D eigenvalue weighted by atomic mass is 32.1. The minimum absolute atomic E-state index is 0.0191. The summed E-state index contributed by atoms with van der Waals surface area (Å²) in [7, 11) is 1.61. The summed E-state index contributed by atoms with van der Waals surface area (Å²) in [4.78, 5) is 26.7. The third-order valence-electron chi connectivity index (χ3n) is 4.68. The molecule has 3 heterocycles. The van der Waals surface area contributed by atoms with E-state index in [4.69, 9.17) is 9.47 Å². The van der Waals surface area contributed by atoms with Crippen LogP contribution in [0.5, 0.6) is 0 Å². The predicted molar refractivity (Wildman–Crippen MR) is 86.7 cm³/mol. The van der Waals surface area contributed by atoms with Gasteiger partial charge in [0, 0.05) is 50.6 Å². The molecule has 2 amide bonds. The summed E-state index contributed by atoms with van der Waals surface area (Å²) in [5, 5.41) is 8.42. The van der Waals surface area contributed by atoms with Crippen LogP contribution in [0.15, 0.2) is 5.38 Å². The summed E-state index contributed by atoms with van der Waals surface area (Å²) < 4.78 is 14.6. The second kappa shape index (κ2) is 8.00. The zero-order chi connectivity index (χ0) is 16.9. The Bertz CT molecular complexity index is 568. The Kier molecular flexibility index (Phi) is 5.75. The normalized spacial score (nSPS) is 26.7. The highest BCUT2D eigenvalue weighted by Gasteiger charge is 2.42. The number of rotatable bonds is 5. The van der Waals surface area contributed by atoms with E-state index in [1.54, 1.807) is 17.4 Å². The van der Waals surface area contributed by atoms with Gasteiger partial charge in [0.1, 0.15) is 0 Å². The fraction of sp³-hybridized carbons (Fsp3) is 0.733. The molecular weight excluding hydrogens is 332 g/mol. The highest BCUT2D eigenvalue weighted by molar-refractivity contribution is 7.03. The molecule has 132 valence electrons. The molecule has 2 aliphatic rings. The van der Waals surface area contributed by atoms with Gasteiger partial charge in [-0.05, 0) is 24.4 Å². The molecule has 0 aliphatic carbocycles. The van der Waals surface area contributed by atoms with E-state index in [2.05, 4.69) is 14.9 Å². The number of methoxy groups -OCH3 is 1. The summed E-state index contributed by atoms with van der Waals surface area (Å²) in [6.45, 7) is 2.72. The molecule has 1 N–H and O–H groups in total. The molecule has 24 heavy (non-hydrogen) atoms. The van der Waals surface area contributed by atoms with E-state index in [1.807, 2.05) is 0 Å². The number of aromatic nitrogens is 2. The maximum atomic E-state index is 12.5. The second-order valence-electron chi connectivity index (χ2n) is 6.08. The molecule has 2 fully saturated rings. The molecule has 3 atom stereocenters. The van der Waals surface area contributed by atoms with Crippen LogP contribution in [-0.4, -0.2) is 72.4 Å². The maximum Gasteiger partial charge on any atom is 0.275 e. The Morgan fingerprint density at radius 2 is 2.38 bits per heavy atom. The fourth-order valence-electron chi connectivity index (χ4n) is 3.45. The van der Waals surface area contributed by atoms with Gasteiger partial charge in [-0.1, -0.05) is 4.49 Å². The number of ether oxygens (including phenoxy) is 2. The third-order valence-corrected chi connectivity index (χ3v) is 5.18. The van der Waals surface area contributed by atoms with Crippen molar-refractivity contribution in [3.8, 4) is 0 Å². The van der Waals surface area contributed by atoms with Crippen LogP contribution in [0.25, 0.3) is 0 Å². The van der Waals surface area contributed by atoms with Crippen LogP contribution in [-0.2, 0) is 14.3 Å². The number of likely N-dealkylation sites (tertiary alicyclic amines) is 1. The molecule has 1 aromatic rings. The summed E-state index contributed by atoms with van der Waals surface area (Å²) >= 11 is 1.16. The second-order valence-corrected chi connectivity index (χ2v) is 6.69. The summed E-state index contributed by atoms with van der Waals surface area (Å²) in [6, 6.07) is 0. The first-order valence-corrected chi connectivity index (χ1v) is 8.99. The highest BCUT2D eigenvalue weighted by Crippen LogP contribution is 2.33. The SMILES string of the molecule is COCCNC(=O)[C@@H]1CCO[C@@H]2CCN(C(=O)c3csnn3)C[C@H]21. The van der Waals surface area contributed by atoms with Gasteiger partial charge in [0.2, 0.25) is 5.91 Å². The van der Waals surface area contributed by atoms with Crippen molar-refractivity contribution in [1.82, 2.24) is 19.8 Å². The molecule has 3 rings (SSSR count). The molecule has 0 bridgehead atoms. The minimum atomic E-state index is -0.134. The number of hydrogen-bond donors (Lipinski definition) is 1. The first kappa shape index (κ1) is 17.2. The van der Waals surface area contributed by atoms with Crippen molar-refractivity contribution in [2.24, 2.45) is 11.8 Å². The van der Waals surface area contributed by atoms with E-state index < -0.39 is 0 Å². The lowest BCUT2D eigenvalue weighted by atomic mass is 9.79. The number of nitrogens with one attached hydrogen (secondary N) is 1. The quantitative estimate of drug-likeness (QED) is 0.758. The zero-order valence-corrected chi connectivity index (χ0v) is 14.5. The van der Waals surface area contributed by atoms with Gasteiger partial charge in [-0.3, -0.25) is 9.59 Å². The number of carbonyl (C=O) groups excluding carboxylic acids is 2. The Labute approximate surface area is 144 Å². The number of hydrogen-bond acceptors (Lipinski definition) is 7. The largest absolute Gasteiger partial charge is 0.383 e. The number of carbonyl (C=O) groups is 2. The van der Waals surface area contributed by atoms with Crippen LogP contribution in [0.3, 0.4) is 0 Å². The lowest BCUT2D eigenvalue weighted by molar-refractivity contribution is -0.140. The summed E-state index contributed by atoms with van der Waals surface area (Å²) in [6.07, 6.45) is 1.46. The molecule has 8 nitrogen and oxygen atoms in total. The van der Waals surface area contributed by atoms with Gasteiger partial charge < -0.3 is 19.7 Å². The van der Waals surface area contributed by atoms with Crippen molar-refractivity contribution in [3.05, 3.63) is 11.1 Å². The topological polar surface area (TPSA) is 93.7 Å². The maximum absolute atomic E-state index is 12.5. The van der Waals surface area contributed by atoms with Crippen LogP contribution in [0.4, 0.5) is 0 Å². The van der Waals surface area contributed by atoms with Gasteiger partial charge in [0.15, 0.2) is 5.69 Å². The van der Waals surface area contributed by atoms with Gasteiger partial charge in [-0.25, -0.2) is 0 Å². The van der Waals surface area contributed by atoms with Gasteiger partial charge in [-0.15, -0.1) is 5.10 Å². The fourth-order valence-corrected chi connectivity index (χ4v) is 3.88. The smallest absolute Gasteiger partial charge is 0.275 e. The van der Waals surface area contributed by atoms with Crippen LogP contribution in [0.1, 0.15) is 23.3 Å². The molecule has 9 heteroatoms. The molecule has 2 saturated heterocycles. The first-order chi connectivity index (χ1) is 11.7. The molecule has 0 unspecified atom stereocenters. The minimum Gasteiger partial charge on any atom is -0.383 e. The number of amides is 2. The van der Waals surface area contributed by atoms with Gasteiger partial charge in [0.05, 0.1) is 12.7 Å². The zero-order valence-electron chi connectivity index (χ0n) is 13.6. The summed E-state index contributed by atoms with van der Waals surface area (Å²) in [5.41, 5.74) is 0.372. The van der Waals surface area contributed by atoms with Crippen LogP contribution >= 0.6 is 11.5 Å². The van der Waals surface area contributed by atoms with Crippen molar-refractivity contribution in [3.63, 3.8) is 0 Å². The molecule has 2 aliphatic heterocycles. The number of fused-ring (bicyclic) bond motifs is 1. The molecular formula is C15H22N4O4S. The van der Waals surface area contributed by atoms with Crippen molar-refractivity contribution >= 4 is 23.3 Å². The average Bonchev–Trinajstić information content (AvgIpc) is 3.15. The Morgan fingerprint density at radius 1 is 1.50 bits per heavy atom. The molecule has 0 radical (unpaired) electrons. The van der Waals surface area contributed by atoms with E-state index in [0.29, 0.717) is 45.0 Å². The van der Waals surface area contributed by atoms with Gasteiger partial charge >= 0.3 is 0 Å². The van der Waals surface area contributed by atoms with Crippen molar-refractivity contribution in [2.75, 3.05) is 40.0 Å². The van der Waals surface area contributed by atoms with Crippen LogP contribution < -0.4 is 5.32 Å². The van der Waals surface area contributed by atoms with Crippen molar-refractivity contribution in [2.45, 2.75) is 18.9 Å². The third kappa shape index (κ3) is 3.73. The van der Waals surface area contributed by atoms with E-state index >= 15 is 0 Å². The number of nitrogens with zero attached hydrogens (tertiary/aromatic N) is 3. The standard InChI is InChI=1S/C15H22N4O4S/c1-22-7-4-16-14(20)10-3-6-23-13-2-5-19(8-11(10)13)15(21)12-9-24-18-17-12/h9-11,13H,2-8H2,1H3,(H,16,20)/t10-,11+,13-/m1/s1. The van der Waals surface area contributed by atoms with Crippen LogP contribution in [0, 0.1) is 11.8 Å². The predicted octanol–water partition coefficient (Wildman–Crippen LogP) is 0.168. The molecule has 0 aromatic carbocycles. The van der Waals surface area contributed by atoms with E-state index in [-0.39, 0.29) is 29.8 Å². The lowest BCUT2D eigenvalue weighted by Gasteiger charge is -2.44.